The van der Waals surface area contributed by atoms with Crippen LogP contribution in [0.25, 0.3) is 0 Å². The van der Waals surface area contributed by atoms with E-state index >= 15 is 0 Å². The molecule has 2 heterocycles. The third kappa shape index (κ3) is 3.61. The quantitative estimate of drug-likeness (QED) is 0.843. The maximum atomic E-state index is 13.1. The van der Waals surface area contributed by atoms with Crippen LogP contribution in [-0.2, 0) is 6.18 Å². The van der Waals surface area contributed by atoms with Crippen molar-refractivity contribution in [3.8, 4) is 0 Å². The van der Waals surface area contributed by atoms with Gasteiger partial charge in [0.1, 0.15) is 5.69 Å². The van der Waals surface area contributed by atoms with Gasteiger partial charge in [0.25, 0.3) is 11.8 Å². The van der Waals surface area contributed by atoms with Gasteiger partial charge in [-0.05, 0) is 56.9 Å². The van der Waals surface area contributed by atoms with E-state index in [1.165, 1.54) is 27.9 Å². The van der Waals surface area contributed by atoms with E-state index in [4.69, 9.17) is 0 Å². The summed E-state index contributed by atoms with van der Waals surface area (Å²) in [7, 11) is 0. The Balaban J connectivity index is 1.62. The monoisotopic (exact) mass is 406 g/mol. The maximum absolute atomic E-state index is 13.1. The Bertz CT molecular complexity index is 948. The molecule has 0 radical (unpaired) electrons. The van der Waals surface area contributed by atoms with Crippen LogP contribution in [0.1, 0.15) is 59.1 Å². The third-order valence-electron chi connectivity index (χ3n) is 5.55. The summed E-state index contributed by atoms with van der Waals surface area (Å²) in [6, 6.07) is 4.23. The zero-order chi connectivity index (χ0) is 20.9. The number of aromatic nitrogens is 2. The summed E-state index contributed by atoms with van der Waals surface area (Å²) in [6.07, 6.45) is -0.911. The molecule has 0 bridgehead atoms. The van der Waals surface area contributed by atoms with Gasteiger partial charge < -0.3 is 10.2 Å². The smallest absolute Gasteiger partial charge is 0.349 e. The number of rotatable bonds is 4. The molecule has 2 aromatic rings. The highest BCUT2D eigenvalue weighted by atomic mass is 19.4. The van der Waals surface area contributed by atoms with Gasteiger partial charge in [-0.2, -0.15) is 18.3 Å². The van der Waals surface area contributed by atoms with Crippen molar-refractivity contribution >= 4 is 17.5 Å². The Morgan fingerprint density at radius 1 is 1.24 bits per heavy atom. The normalized spacial score (nSPS) is 20.4. The number of nitrogens with one attached hydrogen (secondary N) is 1. The van der Waals surface area contributed by atoms with Crippen molar-refractivity contribution in [2.45, 2.75) is 44.9 Å². The molecule has 2 atom stereocenters. The lowest BCUT2D eigenvalue weighted by molar-refractivity contribution is -0.137. The summed E-state index contributed by atoms with van der Waals surface area (Å²) in [5.41, 5.74) is -0.0898. The molecule has 0 saturated heterocycles. The van der Waals surface area contributed by atoms with Gasteiger partial charge in [-0.3, -0.25) is 14.3 Å². The highest BCUT2D eigenvalue weighted by Gasteiger charge is 2.37. The van der Waals surface area contributed by atoms with Crippen molar-refractivity contribution in [1.29, 1.82) is 0 Å². The zero-order valence-electron chi connectivity index (χ0n) is 16.0. The van der Waals surface area contributed by atoms with Crippen LogP contribution in [0.5, 0.6) is 0 Å². The minimum Gasteiger partial charge on any atom is -0.349 e. The van der Waals surface area contributed by atoms with Gasteiger partial charge in [0.05, 0.1) is 23.4 Å². The van der Waals surface area contributed by atoms with Crippen molar-refractivity contribution < 1.29 is 22.8 Å². The number of alkyl halides is 3. The Labute approximate surface area is 165 Å². The van der Waals surface area contributed by atoms with Crippen molar-refractivity contribution in [2.24, 2.45) is 5.92 Å². The van der Waals surface area contributed by atoms with Crippen LogP contribution in [0, 0.1) is 5.92 Å². The van der Waals surface area contributed by atoms with Gasteiger partial charge in [0.2, 0.25) is 0 Å². The number of fused-ring (bicyclic) bond motifs is 1. The van der Waals surface area contributed by atoms with E-state index in [1.54, 1.807) is 0 Å². The largest absolute Gasteiger partial charge is 0.416 e. The number of halogens is 3. The van der Waals surface area contributed by atoms with Gasteiger partial charge in [0.15, 0.2) is 0 Å². The van der Waals surface area contributed by atoms with Crippen LogP contribution in [-0.4, -0.2) is 34.2 Å². The molecule has 2 aliphatic rings. The first kappa shape index (κ1) is 19.5. The number of anilines is 1. The average Bonchev–Trinajstić information content (AvgIpc) is 3.42. The Morgan fingerprint density at radius 3 is 2.48 bits per heavy atom. The molecule has 1 aliphatic heterocycles. The molecule has 2 unspecified atom stereocenters. The molecule has 1 saturated carbocycles. The maximum Gasteiger partial charge on any atom is 0.416 e. The van der Waals surface area contributed by atoms with E-state index in [9.17, 15) is 22.8 Å². The topological polar surface area (TPSA) is 67.2 Å². The van der Waals surface area contributed by atoms with E-state index in [0.717, 1.165) is 25.0 Å². The molecule has 1 aromatic heterocycles. The van der Waals surface area contributed by atoms with E-state index in [2.05, 4.69) is 10.4 Å². The number of amides is 2. The first-order valence-electron chi connectivity index (χ1n) is 9.54. The van der Waals surface area contributed by atoms with Crippen LogP contribution in [0.2, 0.25) is 0 Å². The molecule has 6 nitrogen and oxygen atoms in total. The van der Waals surface area contributed by atoms with Crippen LogP contribution < -0.4 is 10.2 Å². The number of hydrogen-bond acceptors (Lipinski definition) is 3. The second kappa shape index (κ2) is 6.89. The summed E-state index contributed by atoms with van der Waals surface area (Å²) in [5.74, 6) is -0.353. The minimum absolute atomic E-state index is 0.0141. The fraction of sp³-hybridized carbons (Fsp3) is 0.450. The first-order valence-corrected chi connectivity index (χ1v) is 9.54. The Morgan fingerprint density at radius 2 is 1.90 bits per heavy atom. The van der Waals surface area contributed by atoms with E-state index in [0.29, 0.717) is 11.6 Å². The summed E-state index contributed by atoms with van der Waals surface area (Å²) in [5, 5.41) is 7.13. The van der Waals surface area contributed by atoms with Gasteiger partial charge in [0, 0.05) is 18.3 Å². The Kier molecular flexibility index (Phi) is 4.63. The minimum atomic E-state index is -4.44. The average molecular weight is 406 g/mol. The molecular formula is C20H21F3N4O2. The van der Waals surface area contributed by atoms with E-state index < -0.39 is 17.6 Å². The highest BCUT2D eigenvalue weighted by Crippen LogP contribution is 2.34. The molecule has 1 fully saturated rings. The van der Waals surface area contributed by atoms with Crippen molar-refractivity contribution in [3.05, 3.63) is 47.3 Å². The summed E-state index contributed by atoms with van der Waals surface area (Å²) in [4.78, 5) is 27.2. The number of nitrogens with zero attached hydrogens (tertiary/aromatic N) is 3. The summed E-state index contributed by atoms with van der Waals surface area (Å²) in [6.45, 7) is 4.03. The van der Waals surface area contributed by atoms with Crippen LogP contribution in [0.4, 0.5) is 18.9 Å². The SMILES string of the molecule is CC(NC(=O)c1cnn2c1C(=O)N(c1ccc(C(F)(F)F)cc1)CC2C)C1CC1. The number of hydrogen-bond donors (Lipinski definition) is 1. The number of benzene rings is 1. The molecule has 154 valence electrons. The van der Waals surface area contributed by atoms with Gasteiger partial charge in [-0.1, -0.05) is 0 Å². The lowest BCUT2D eigenvalue weighted by Gasteiger charge is -2.32. The second-order valence-corrected chi connectivity index (χ2v) is 7.76. The van der Waals surface area contributed by atoms with E-state index in [-0.39, 0.29) is 35.8 Å². The molecule has 9 heteroatoms. The fourth-order valence-corrected chi connectivity index (χ4v) is 3.68. The van der Waals surface area contributed by atoms with Gasteiger partial charge in [-0.15, -0.1) is 0 Å². The molecular weight excluding hydrogens is 385 g/mol. The molecule has 1 aromatic carbocycles. The van der Waals surface area contributed by atoms with Crippen LogP contribution in [0.15, 0.2) is 30.5 Å². The molecule has 1 N–H and O–H groups in total. The second-order valence-electron chi connectivity index (χ2n) is 7.76. The predicted octanol–water partition coefficient (Wildman–Crippen LogP) is 3.65. The molecule has 4 rings (SSSR count). The fourth-order valence-electron chi connectivity index (χ4n) is 3.68. The number of carbonyl (C=O) groups excluding carboxylic acids is 2. The van der Waals surface area contributed by atoms with Crippen molar-refractivity contribution in [1.82, 2.24) is 15.1 Å². The van der Waals surface area contributed by atoms with Gasteiger partial charge in [-0.25, -0.2) is 0 Å². The molecule has 1 aliphatic carbocycles. The lowest BCUT2D eigenvalue weighted by atomic mass is 10.1. The first-order chi connectivity index (χ1) is 13.7. The predicted molar refractivity (Wildman–Crippen MR) is 99.7 cm³/mol. The van der Waals surface area contributed by atoms with Gasteiger partial charge >= 0.3 is 6.18 Å². The van der Waals surface area contributed by atoms with Crippen molar-refractivity contribution in [3.63, 3.8) is 0 Å². The summed E-state index contributed by atoms with van der Waals surface area (Å²) < 4.78 is 40.0. The standard InChI is InChI=1S/C20H21F3N4O2/c1-11-10-26(15-7-5-14(6-8-15)20(21,22)23)19(29)17-16(9-24-27(11)17)18(28)25-12(2)13-3-4-13/h5-9,11-13H,3-4,10H2,1-2H3,(H,25,28). The van der Waals surface area contributed by atoms with Crippen LogP contribution in [0.3, 0.4) is 0 Å². The lowest BCUT2D eigenvalue weighted by Crippen LogP contribution is -2.44. The summed E-state index contributed by atoms with van der Waals surface area (Å²) >= 11 is 0. The molecule has 2 amide bonds. The van der Waals surface area contributed by atoms with Crippen LogP contribution >= 0.6 is 0 Å². The third-order valence-corrected chi connectivity index (χ3v) is 5.55. The zero-order valence-corrected chi connectivity index (χ0v) is 16.0. The molecule has 0 spiro atoms. The molecule has 29 heavy (non-hydrogen) atoms. The Hall–Kier alpha value is -2.84. The van der Waals surface area contributed by atoms with Crippen molar-refractivity contribution in [2.75, 3.05) is 11.4 Å². The highest BCUT2D eigenvalue weighted by molar-refractivity contribution is 6.12. The van der Waals surface area contributed by atoms with E-state index in [1.807, 2.05) is 13.8 Å². The number of carbonyl (C=O) groups is 2.